The summed E-state index contributed by atoms with van der Waals surface area (Å²) in [6.45, 7) is 6.65. The summed E-state index contributed by atoms with van der Waals surface area (Å²) >= 11 is 0. The predicted molar refractivity (Wildman–Crippen MR) is 90.4 cm³/mol. The molecule has 1 aromatic carbocycles. The van der Waals surface area contributed by atoms with Crippen LogP contribution in [0.1, 0.15) is 47.2 Å². The molecule has 1 saturated heterocycles. The van der Waals surface area contributed by atoms with Gasteiger partial charge in [-0.15, -0.1) is 0 Å². The molecule has 2 amide bonds. The topological polar surface area (TPSA) is 40.6 Å². The van der Waals surface area contributed by atoms with Crippen molar-refractivity contribution >= 4 is 11.8 Å². The summed E-state index contributed by atoms with van der Waals surface area (Å²) in [4.78, 5) is 29.0. The predicted octanol–water partition coefficient (Wildman–Crippen LogP) is 2.78. The largest absolute Gasteiger partial charge is 0.339 e. The van der Waals surface area contributed by atoms with Gasteiger partial charge in [-0.25, -0.2) is 0 Å². The molecule has 1 heterocycles. The molecule has 0 bridgehead atoms. The first-order chi connectivity index (χ1) is 11.1. The van der Waals surface area contributed by atoms with E-state index in [1.165, 1.54) is 18.4 Å². The molecule has 1 aliphatic heterocycles. The smallest absolute Gasteiger partial charge is 0.254 e. The van der Waals surface area contributed by atoms with E-state index in [9.17, 15) is 9.59 Å². The third-order valence-corrected chi connectivity index (χ3v) is 5.20. The Hall–Kier alpha value is -1.84. The van der Waals surface area contributed by atoms with E-state index in [0.29, 0.717) is 32.1 Å². The molecule has 3 rings (SSSR count). The van der Waals surface area contributed by atoms with Crippen LogP contribution in [0.25, 0.3) is 0 Å². The van der Waals surface area contributed by atoms with Crippen molar-refractivity contribution in [1.29, 1.82) is 0 Å². The lowest BCUT2D eigenvalue weighted by atomic mass is 10.0. The highest BCUT2D eigenvalue weighted by atomic mass is 16.2. The maximum atomic E-state index is 12.7. The quantitative estimate of drug-likeness (QED) is 0.842. The lowest BCUT2D eigenvalue weighted by Gasteiger charge is -2.36. The maximum Gasteiger partial charge on any atom is 0.254 e. The number of nitrogens with zero attached hydrogens (tertiary/aromatic N) is 2. The molecular formula is C19H26N2O2. The number of hydrogen-bond donors (Lipinski definition) is 0. The molecule has 4 nitrogen and oxygen atoms in total. The molecule has 0 N–H and O–H groups in total. The van der Waals surface area contributed by atoms with Crippen molar-refractivity contribution in [1.82, 2.24) is 9.80 Å². The molecule has 1 saturated carbocycles. The molecule has 23 heavy (non-hydrogen) atoms. The van der Waals surface area contributed by atoms with E-state index < -0.39 is 0 Å². The number of carbonyl (C=O) groups excluding carboxylic acids is 2. The Morgan fingerprint density at radius 2 is 1.57 bits per heavy atom. The normalized spacial score (nSPS) is 19.2. The van der Waals surface area contributed by atoms with E-state index >= 15 is 0 Å². The van der Waals surface area contributed by atoms with Crippen molar-refractivity contribution in [2.45, 2.75) is 39.5 Å². The summed E-state index contributed by atoms with van der Waals surface area (Å²) in [5, 5.41) is 0. The monoisotopic (exact) mass is 314 g/mol. The van der Waals surface area contributed by atoms with E-state index in [-0.39, 0.29) is 11.8 Å². The van der Waals surface area contributed by atoms with Crippen LogP contribution in [-0.4, -0.2) is 47.8 Å². The second-order valence-corrected chi connectivity index (χ2v) is 6.92. The first-order valence-corrected chi connectivity index (χ1v) is 8.71. The Labute approximate surface area is 138 Å². The molecular weight excluding hydrogens is 288 g/mol. The molecule has 0 unspecified atom stereocenters. The fraction of sp³-hybridized carbons (Fsp3) is 0.579. The van der Waals surface area contributed by atoms with Crippen LogP contribution >= 0.6 is 0 Å². The van der Waals surface area contributed by atoms with E-state index in [1.807, 2.05) is 41.8 Å². The molecule has 124 valence electrons. The minimum Gasteiger partial charge on any atom is -0.339 e. The first-order valence-electron chi connectivity index (χ1n) is 8.71. The van der Waals surface area contributed by atoms with Crippen molar-refractivity contribution in [3.63, 3.8) is 0 Å². The maximum absolute atomic E-state index is 12.7. The summed E-state index contributed by atoms with van der Waals surface area (Å²) in [6, 6.07) is 5.95. The highest BCUT2D eigenvalue weighted by molar-refractivity contribution is 5.96. The lowest BCUT2D eigenvalue weighted by Crippen LogP contribution is -2.51. The number of aryl methyl sites for hydroxylation is 2. The zero-order chi connectivity index (χ0) is 16.4. The van der Waals surface area contributed by atoms with Crippen LogP contribution in [0.3, 0.4) is 0 Å². The number of amides is 2. The molecule has 0 atom stereocenters. The van der Waals surface area contributed by atoms with Gasteiger partial charge in [0.15, 0.2) is 0 Å². The van der Waals surface area contributed by atoms with Crippen LogP contribution in [-0.2, 0) is 4.79 Å². The van der Waals surface area contributed by atoms with Gasteiger partial charge >= 0.3 is 0 Å². The van der Waals surface area contributed by atoms with Gasteiger partial charge in [-0.3, -0.25) is 9.59 Å². The van der Waals surface area contributed by atoms with Gasteiger partial charge < -0.3 is 9.80 Å². The summed E-state index contributed by atoms with van der Waals surface area (Å²) in [5.74, 6) is 0.633. The summed E-state index contributed by atoms with van der Waals surface area (Å²) in [7, 11) is 0. The van der Waals surface area contributed by atoms with Gasteiger partial charge in [0, 0.05) is 37.7 Å². The van der Waals surface area contributed by atoms with Crippen molar-refractivity contribution in [3.05, 3.63) is 34.9 Å². The second-order valence-electron chi connectivity index (χ2n) is 6.92. The Kier molecular flexibility index (Phi) is 4.69. The van der Waals surface area contributed by atoms with Crippen molar-refractivity contribution in [3.8, 4) is 0 Å². The highest BCUT2D eigenvalue weighted by Gasteiger charge is 2.30. The van der Waals surface area contributed by atoms with Crippen molar-refractivity contribution in [2.24, 2.45) is 5.92 Å². The molecule has 0 radical (unpaired) electrons. The third-order valence-electron chi connectivity index (χ3n) is 5.20. The second kappa shape index (κ2) is 6.73. The Morgan fingerprint density at radius 3 is 2.17 bits per heavy atom. The lowest BCUT2D eigenvalue weighted by molar-refractivity contribution is -0.136. The molecule has 0 aromatic heterocycles. The van der Waals surface area contributed by atoms with Crippen molar-refractivity contribution < 1.29 is 9.59 Å². The average Bonchev–Trinajstić information content (AvgIpc) is 3.08. The Balaban J connectivity index is 1.60. The van der Waals surface area contributed by atoms with Crippen LogP contribution in [0.15, 0.2) is 18.2 Å². The Morgan fingerprint density at radius 1 is 0.957 bits per heavy atom. The van der Waals surface area contributed by atoms with E-state index in [1.54, 1.807) is 0 Å². The van der Waals surface area contributed by atoms with E-state index in [2.05, 4.69) is 0 Å². The van der Waals surface area contributed by atoms with E-state index in [4.69, 9.17) is 0 Å². The van der Waals surface area contributed by atoms with Gasteiger partial charge in [-0.05, 0) is 38.3 Å². The minimum absolute atomic E-state index is 0.0930. The summed E-state index contributed by atoms with van der Waals surface area (Å²) in [6.07, 6.45) is 4.45. The van der Waals surface area contributed by atoms with Gasteiger partial charge in [-0.2, -0.15) is 0 Å². The number of piperazine rings is 1. The van der Waals surface area contributed by atoms with Gasteiger partial charge in [0.05, 0.1) is 0 Å². The van der Waals surface area contributed by atoms with Crippen LogP contribution in [0.4, 0.5) is 0 Å². The van der Waals surface area contributed by atoms with Gasteiger partial charge in [0.1, 0.15) is 0 Å². The Bertz CT molecular complexity index is 597. The van der Waals surface area contributed by atoms with Gasteiger partial charge in [0.25, 0.3) is 5.91 Å². The number of carbonyl (C=O) groups is 2. The number of hydrogen-bond acceptors (Lipinski definition) is 2. The first kappa shape index (κ1) is 16.0. The SMILES string of the molecule is Cc1ccc(C(=O)N2CCN(C(=O)C3CCCC3)CC2)c(C)c1. The summed E-state index contributed by atoms with van der Waals surface area (Å²) in [5.41, 5.74) is 2.98. The van der Waals surface area contributed by atoms with Gasteiger partial charge in [-0.1, -0.05) is 30.5 Å². The third kappa shape index (κ3) is 3.41. The number of rotatable bonds is 2. The van der Waals surface area contributed by atoms with E-state index in [0.717, 1.165) is 24.0 Å². The van der Waals surface area contributed by atoms with Crippen LogP contribution in [0.5, 0.6) is 0 Å². The van der Waals surface area contributed by atoms with Gasteiger partial charge in [0.2, 0.25) is 5.91 Å². The zero-order valence-corrected chi connectivity index (χ0v) is 14.2. The molecule has 4 heteroatoms. The highest BCUT2D eigenvalue weighted by Crippen LogP contribution is 2.27. The zero-order valence-electron chi connectivity index (χ0n) is 14.2. The molecule has 2 aliphatic rings. The van der Waals surface area contributed by atoms with Crippen molar-refractivity contribution in [2.75, 3.05) is 26.2 Å². The average molecular weight is 314 g/mol. The molecule has 0 spiro atoms. The number of benzene rings is 1. The molecule has 2 fully saturated rings. The van der Waals surface area contributed by atoms with Crippen LogP contribution in [0, 0.1) is 19.8 Å². The minimum atomic E-state index is 0.0930. The molecule has 1 aliphatic carbocycles. The van der Waals surface area contributed by atoms with Crippen LogP contribution < -0.4 is 0 Å². The van der Waals surface area contributed by atoms with Crippen LogP contribution in [0.2, 0.25) is 0 Å². The standard InChI is InChI=1S/C19H26N2O2/c1-14-7-8-17(15(2)13-14)19(23)21-11-9-20(10-12-21)18(22)16-5-3-4-6-16/h7-8,13,16H,3-6,9-12H2,1-2H3. The molecule has 1 aromatic rings. The fourth-order valence-corrected chi connectivity index (χ4v) is 3.78. The fourth-order valence-electron chi connectivity index (χ4n) is 3.78. The summed E-state index contributed by atoms with van der Waals surface area (Å²) < 4.78 is 0.